The van der Waals surface area contributed by atoms with Crippen LogP contribution < -0.4 is 9.47 Å². The van der Waals surface area contributed by atoms with E-state index in [4.69, 9.17) is 13.9 Å². The Bertz CT molecular complexity index is 1090. The second kappa shape index (κ2) is 11.5. The summed E-state index contributed by atoms with van der Waals surface area (Å²) < 4.78 is 16.6. The topological polar surface area (TPSA) is 64.8 Å². The van der Waals surface area contributed by atoms with Crippen LogP contribution in [0.25, 0.3) is 11.5 Å². The number of aromatic nitrogens is 1. The van der Waals surface area contributed by atoms with Gasteiger partial charge in [-0.25, -0.2) is 4.98 Å². The van der Waals surface area contributed by atoms with E-state index in [0.29, 0.717) is 34.8 Å². The Labute approximate surface area is 205 Å². The van der Waals surface area contributed by atoms with E-state index in [9.17, 15) is 4.79 Å². The predicted octanol–water partition coefficient (Wildman–Crippen LogP) is 5.38. The molecule has 0 radical (unpaired) electrons. The average Bonchev–Trinajstić information content (AvgIpc) is 3.24. The van der Waals surface area contributed by atoms with E-state index in [1.165, 1.54) is 5.56 Å². The van der Waals surface area contributed by atoms with Crippen LogP contribution in [0, 0.1) is 12.8 Å². The number of hydrogen-bond acceptors (Lipinski definition) is 6. The van der Waals surface area contributed by atoms with Crippen molar-refractivity contribution < 1.29 is 18.7 Å². The van der Waals surface area contributed by atoms with Gasteiger partial charge >= 0.3 is 0 Å². The van der Waals surface area contributed by atoms with Crippen molar-refractivity contribution in [3.05, 3.63) is 65.5 Å². The number of benzene rings is 2. The summed E-state index contributed by atoms with van der Waals surface area (Å²) in [5, 5.41) is 0. The molecule has 1 aliphatic heterocycles. The fraction of sp³-hybridized carbons (Fsp3) is 0.407. The van der Waals surface area contributed by atoms with Crippen molar-refractivity contribution in [1.29, 1.82) is 0 Å². The lowest BCUT2D eigenvalue weighted by molar-refractivity contribution is -0.129. The summed E-state index contributed by atoms with van der Waals surface area (Å²) in [6.07, 6.45) is 3.25. The third kappa shape index (κ3) is 5.95. The first kappa shape index (κ1) is 24.2. The zero-order chi connectivity index (χ0) is 23.9. The van der Waals surface area contributed by atoms with Gasteiger partial charge in [0.25, 0.3) is 0 Å². The number of amides is 1. The molecular formula is C27H32N2O4S. The van der Waals surface area contributed by atoms with Crippen molar-refractivity contribution in [3.8, 4) is 23.0 Å². The highest BCUT2D eigenvalue weighted by Crippen LogP contribution is 2.33. The van der Waals surface area contributed by atoms with Crippen LogP contribution in [0.1, 0.15) is 29.9 Å². The van der Waals surface area contributed by atoms with Gasteiger partial charge in [0.05, 0.1) is 25.7 Å². The second-order valence-corrected chi connectivity index (χ2v) is 9.58. The average molecular weight is 481 g/mol. The molecule has 6 nitrogen and oxygen atoms in total. The first-order valence-electron chi connectivity index (χ1n) is 11.7. The van der Waals surface area contributed by atoms with Crippen LogP contribution in [0.4, 0.5) is 0 Å². The van der Waals surface area contributed by atoms with Crippen molar-refractivity contribution in [1.82, 2.24) is 9.88 Å². The molecule has 1 aromatic heterocycles. The molecule has 1 fully saturated rings. The molecule has 1 saturated heterocycles. The Hall–Kier alpha value is -2.93. The van der Waals surface area contributed by atoms with Crippen LogP contribution in [0.5, 0.6) is 11.5 Å². The van der Waals surface area contributed by atoms with Gasteiger partial charge in [0.1, 0.15) is 5.76 Å². The molecule has 2 aromatic carbocycles. The van der Waals surface area contributed by atoms with E-state index < -0.39 is 0 Å². The fourth-order valence-electron chi connectivity index (χ4n) is 4.31. The number of rotatable bonds is 9. The molecule has 0 saturated carbocycles. The number of carbonyl (C=O) groups is 1. The SMILES string of the molecule is COc1ccc(-c2nc(CSCC(=O)N3CCC(Cc4ccccc4)CC3)c(C)o2)cc1OC. The molecule has 0 bridgehead atoms. The number of hydrogen-bond donors (Lipinski definition) is 0. The van der Waals surface area contributed by atoms with Crippen LogP contribution in [0.3, 0.4) is 0 Å². The Morgan fingerprint density at radius 1 is 1.09 bits per heavy atom. The minimum Gasteiger partial charge on any atom is -0.493 e. The molecule has 180 valence electrons. The number of piperidine rings is 1. The maximum absolute atomic E-state index is 12.7. The van der Waals surface area contributed by atoms with E-state index in [1.807, 2.05) is 30.0 Å². The van der Waals surface area contributed by atoms with E-state index in [1.54, 1.807) is 26.0 Å². The first-order chi connectivity index (χ1) is 16.6. The third-order valence-electron chi connectivity index (χ3n) is 6.32. The highest BCUT2D eigenvalue weighted by Gasteiger charge is 2.23. The number of carbonyl (C=O) groups excluding carboxylic acids is 1. The molecular weight excluding hydrogens is 448 g/mol. The van der Waals surface area contributed by atoms with Gasteiger partial charge in [0, 0.05) is 24.4 Å². The Morgan fingerprint density at radius 2 is 1.82 bits per heavy atom. The summed E-state index contributed by atoms with van der Waals surface area (Å²) in [5.74, 6) is 4.57. The first-order valence-corrected chi connectivity index (χ1v) is 12.8. The van der Waals surface area contributed by atoms with E-state index in [2.05, 4.69) is 35.3 Å². The number of aryl methyl sites for hydroxylation is 1. The van der Waals surface area contributed by atoms with Gasteiger partial charge in [-0.05, 0) is 55.9 Å². The van der Waals surface area contributed by atoms with E-state index in [-0.39, 0.29) is 5.91 Å². The van der Waals surface area contributed by atoms with Crippen molar-refractivity contribution in [2.45, 2.75) is 31.9 Å². The third-order valence-corrected chi connectivity index (χ3v) is 7.25. The summed E-state index contributed by atoms with van der Waals surface area (Å²) in [6, 6.07) is 16.2. The molecule has 0 aliphatic carbocycles. The zero-order valence-corrected chi connectivity index (χ0v) is 20.9. The molecule has 2 heterocycles. The zero-order valence-electron chi connectivity index (χ0n) is 20.1. The van der Waals surface area contributed by atoms with Crippen LogP contribution in [0.15, 0.2) is 52.9 Å². The molecule has 1 amide bonds. The lowest BCUT2D eigenvalue weighted by Crippen LogP contribution is -2.39. The molecule has 4 rings (SSSR count). The number of thioether (sulfide) groups is 1. The van der Waals surface area contributed by atoms with Gasteiger partial charge in [-0.3, -0.25) is 4.79 Å². The highest BCUT2D eigenvalue weighted by molar-refractivity contribution is 7.99. The molecule has 0 unspecified atom stereocenters. The van der Waals surface area contributed by atoms with E-state index >= 15 is 0 Å². The fourth-order valence-corrected chi connectivity index (χ4v) is 5.24. The van der Waals surface area contributed by atoms with Gasteiger partial charge in [-0.15, -0.1) is 11.8 Å². The van der Waals surface area contributed by atoms with Crippen molar-refractivity contribution in [2.75, 3.05) is 33.1 Å². The largest absolute Gasteiger partial charge is 0.493 e. The second-order valence-electron chi connectivity index (χ2n) is 8.60. The Kier molecular flexibility index (Phi) is 8.16. The van der Waals surface area contributed by atoms with Gasteiger partial charge in [-0.1, -0.05) is 30.3 Å². The molecule has 0 spiro atoms. The summed E-state index contributed by atoms with van der Waals surface area (Å²) in [5.41, 5.74) is 3.08. The van der Waals surface area contributed by atoms with Gasteiger partial charge < -0.3 is 18.8 Å². The highest BCUT2D eigenvalue weighted by atomic mass is 32.2. The lowest BCUT2D eigenvalue weighted by atomic mass is 9.90. The Balaban J connectivity index is 1.25. The van der Waals surface area contributed by atoms with Gasteiger partial charge in [0.2, 0.25) is 11.8 Å². The number of methoxy groups -OCH3 is 2. The van der Waals surface area contributed by atoms with Crippen LogP contribution in [-0.2, 0) is 17.0 Å². The molecule has 1 aliphatic rings. The maximum atomic E-state index is 12.7. The van der Waals surface area contributed by atoms with Crippen molar-refractivity contribution >= 4 is 17.7 Å². The van der Waals surface area contributed by atoms with Crippen LogP contribution >= 0.6 is 11.8 Å². The summed E-state index contributed by atoms with van der Waals surface area (Å²) in [6.45, 7) is 3.61. The quantitative estimate of drug-likeness (QED) is 0.410. The molecule has 34 heavy (non-hydrogen) atoms. The number of nitrogens with zero attached hydrogens (tertiary/aromatic N) is 2. The van der Waals surface area contributed by atoms with Gasteiger partial charge in [0.15, 0.2) is 11.5 Å². The smallest absolute Gasteiger partial charge is 0.232 e. The lowest BCUT2D eigenvalue weighted by Gasteiger charge is -2.32. The minimum atomic E-state index is 0.212. The molecule has 3 aromatic rings. The van der Waals surface area contributed by atoms with Crippen LogP contribution in [-0.4, -0.2) is 48.9 Å². The molecule has 0 atom stereocenters. The van der Waals surface area contributed by atoms with E-state index in [0.717, 1.165) is 49.4 Å². The number of oxazole rings is 1. The monoisotopic (exact) mass is 480 g/mol. The predicted molar refractivity (Wildman–Crippen MR) is 135 cm³/mol. The summed E-state index contributed by atoms with van der Waals surface area (Å²) in [7, 11) is 3.21. The Morgan fingerprint density at radius 3 is 2.53 bits per heavy atom. The van der Waals surface area contributed by atoms with Gasteiger partial charge in [-0.2, -0.15) is 0 Å². The maximum Gasteiger partial charge on any atom is 0.232 e. The number of ether oxygens (including phenoxy) is 2. The molecule has 0 N–H and O–H groups in total. The summed E-state index contributed by atoms with van der Waals surface area (Å²) in [4.78, 5) is 19.4. The normalized spacial score (nSPS) is 14.3. The minimum absolute atomic E-state index is 0.212. The number of likely N-dealkylation sites (tertiary alicyclic amines) is 1. The molecule has 7 heteroatoms. The van der Waals surface area contributed by atoms with Crippen LogP contribution in [0.2, 0.25) is 0 Å². The standard InChI is InChI=1S/C27H32N2O4S/c1-19-23(28-27(33-19)22-9-10-24(31-2)25(16-22)32-3)17-34-18-26(30)29-13-11-21(12-14-29)15-20-7-5-4-6-8-20/h4-10,16,21H,11-15,17-18H2,1-3H3. The van der Waals surface area contributed by atoms with Crippen molar-refractivity contribution in [2.24, 2.45) is 5.92 Å². The summed E-state index contributed by atoms with van der Waals surface area (Å²) >= 11 is 1.59. The van der Waals surface area contributed by atoms with Crippen molar-refractivity contribution in [3.63, 3.8) is 0 Å².